The summed E-state index contributed by atoms with van der Waals surface area (Å²) >= 11 is 0. The molecule has 1 aliphatic heterocycles. The van der Waals surface area contributed by atoms with Gasteiger partial charge in [-0.1, -0.05) is 36.4 Å². The second kappa shape index (κ2) is 11.8. The van der Waals surface area contributed by atoms with E-state index in [9.17, 15) is 0 Å². The number of anilines is 1. The second-order valence-electron chi connectivity index (χ2n) is 7.61. The minimum atomic E-state index is 0. The molecule has 0 atom stereocenters. The summed E-state index contributed by atoms with van der Waals surface area (Å²) in [7, 11) is 3.55. The highest BCUT2D eigenvalue weighted by atomic mass is 127. The molecule has 1 aromatic heterocycles. The van der Waals surface area contributed by atoms with Gasteiger partial charge in [-0.15, -0.1) is 24.0 Å². The van der Waals surface area contributed by atoms with Crippen LogP contribution < -0.4 is 15.0 Å². The first-order chi connectivity index (χ1) is 15.2. The number of halogens is 1. The minimum Gasteiger partial charge on any atom is -0.497 e. The highest BCUT2D eigenvalue weighted by Gasteiger charge is 2.20. The van der Waals surface area contributed by atoms with Gasteiger partial charge in [0.05, 0.1) is 19.9 Å². The molecule has 4 rings (SSSR count). The van der Waals surface area contributed by atoms with Crippen LogP contribution in [-0.2, 0) is 13.1 Å². The first kappa shape index (κ1) is 23.9. The van der Waals surface area contributed by atoms with Gasteiger partial charge in [0.15, 0.2) is 5.96 Å². The summed E-state index contributed by atoms with van der Waals surface area (Å²) in [6, 6.07) is 18.6. The zero-order chi connectivity index (χ0) is 21.5. The lowest BCUT2D eigenvalue weighted by Gasteiger charge is -2.37. The van der Waals surface area contributed by atoms with Gasteiger partial charge in [-0.05, 0) is 17.7 Å². The lowest BCUT2D eigenvalue weighted by atomic mass is 10.2. The van der Waals surface area contributed by atoms with Crippen LogP contribution in [0.3, 0.4) is 0 Å². The maximum atomic E-state index is 5.36. The van der Waals surface area contributed by atoms with Crippen molar-refractivity contribution in [2.45, 2.75) is 13.1 Å². The average Bonchev–Trinajstić information content (AvgIpc) is 3.27. The molecule has 1 saturated heterocycles. The average molecular weight is 546 g/mol. The van der Waals surface area contributed by atoms with Crippen molar-refractivity contribution >= 4 is 35.6 Å². The number of nitrogens with one attached hydrogen (secondary N) is 1. The monoisotopic (exact) mass is 546 g/mol. The Labute approximate surface area is 207 Å². The Hall–Kier alpha value is -2.75. The number of aliphatic imine (C=N–C) groups is 1. The first-order valence-electron chi connectivity index (χ1n) is 10.6. The van der Waals surface area contributed by atoms with Crippen LogP contribution in [-0.4, -0.2) is 61.0 Å². The van der Waals surface area contributed by atoms with Gasteiger partial charge in [-0.25, -0.2) is 0 Å². The van der Waals surface area contributed by atoms with Crippen molar-refractivity contribution in [1.82, 2.24) is 20.0 Å². The van der Waals surface area contributed by atoms with Gasteiger partial charge in [-0.3, -0.25) is 9.67 Å². The topological polar surface area (TPSA) is 57.9 Å². The molecule has 0 aliphatic carbocycles. The molecule has 1 N–H and O–H groups in total. The SMILES string of the molecule is CN=C(NCc1cnn(Cc2ccccc2)c1)N1CCN(c2cccc(OC)c2)CC1.I. The van der Waals surface area contributed by atoms with Gasteiger partial charge in [0, 0.05) is 63.3 Å². The van der Waals surface area contributed by atoms with E-state index < -0.39 is 0 Å². The van der Waals surface area contributed by atoms with Gasteiger partial charge >= 0.3 is 0 Å². The van der Waals surface area contributed by atoms with E-state index in [0.29, 0.717) is 6.54 Å². The largest absolute Gasteiger partial charge is 0.497 e. The fourth-order valence-electron chi connectivity index (χ4n) is 3.85. The van der Waals surface area contributed by atoms with Crippen molar-refractivity contribution in [2.24, 2.45) is 4.99 Å². The van der Waals surface area contributed by atoms with E-state index in [-0.39, 0.29) is 24.0 Å². The van der Waals surface area contributed by atoms with Crippen molar-refractivity contribution < 1.29 is 4.74 Å². The highest BCUT2D eigenvalue weighted by molar-refractivity contribution is 14.0. The molecule has 0 bridgehead atoms. The summed E-state index contributed by atoms with van der Waals surface area (Å²) in [6.07, 6.45) is 4.01. The molecular formula is C24H31IN6O. The van der Waals surface area contributed by atoms with E-state index in [2.05, 4.69) is 67.8 Å². The Morgan fingerprint density at radius 3 is 2.53 bits per heavy atom. The number of ether oxygens (including phenoxy) is 1. The molecular weight excluding hydrogens is 515 g/mol. The normalized spacial score (nSPS) is 14.1. The Morgan fingerprint density at radius 1 is 1.03 bits per heavy atom. The number of piperazine rings is 1. The van der Waals surface area contributed by atoms with Crippen molar-refractivity contribution in [2.75, 3.05) is 45.2 Å². The molecule has 170 valence electrons. The maximum absolute atomic E-state index is 5.36. The number of nitrogens with zero attached hydrogens (tertiary/aromatic N) is 5. The van der Waals surface area contributed by atoms with Gasteiger partial charge in [0.25, 0.3) is 0 Å². The number of methoxy groups -OCH3 is 1. The predicted molar refractivity (Wildman–Crippen MR) is 140 cm³/mol. The third kappa shape index (κ3) is 6.15. The number of hydrogen-bond acceptors (Lipinski definition) is 4. The van der Waals surface area contributed by atoms with E-state index in [0.717, 1.165) is 50.0 Å². The smallest absolute Gasteiger partial charge is 0.194 e. The van der Waals surface area contributed by atoms with Crippen LogP contribution in [0.4, 0.5) is 5.69 Å². The van der Waals surface area contributed by atoms with Crippen LogP contribution in [0.5, 0.6) is 5.75 Å². The molecule has 0 unspecified atom stereocenters. The van der Waals surface area contributed by atoms with Crippen molar-refractivity contribution in [3.05, 3.63) is 78.1 Å². The summed E-state index contributed by atoms with van der Waals surface area (Å²) in [5, 5.41) is 7.98. The number of aromatic nitrogens is 2. The molecule has 0 amide bonds. The molecule has 1 fully saturated rings. The predicted octanol–water partition coefficient (Wildman–Crippen LogP) is 3.46. The van der Waals surface area contributed by atoms with Gasteiger partial charge in [0.2, 0.25) is 0 Å². The van der Waals surface area contributed by atoms with Crippen LogP contribution in [0.15, 0.2) is 72.0 Å². The standard InChI is InChI=1S/C24H30N6O.HI/c1-25-24(26-16-21-17-27-30(19-21)18-20-7-4-3-5-8-20)29-13-11-28(12-14-29)22-9-6-10-23(15-22)31-2;/h3-10,15,17,19H,11-14,16,18H2,1-2H3,(H,25,26);1H. The maximum Gasteiger partial charge on any atom is 0.194 e. The number of benzene rings is 2. The zero-order valence-corrected chi connectivity index (χ0v) is 21.0. The molecule has 8 heteroatoms. The van der Waals surface area contributed by atoms with E-state index in [4.69, 9.17) is 4.74 Å². The lowest BCUT2D eigenvalue weighted by Crippen LogP contribution is -2.52. The Morgan fingerprint density at radius 2 is 1.81 bits per heavy atom. The second-order valence-corrected chi connectivity index (χ2v) is 7.61. The summed E-state index contributed by atoms with van der Waals surface area (Å²) in [6.45, 7) is 5.22. The van der Waals surface area contributed by atoms with E-state index in [1.54, 1.807) is 7.11 Å². The lowest BCUT2D eigenvalue weighted by molar-refractivity contribution is 0.372. The molecule has 7 nitrogen and oxygen atoms in total. The zero-order valence-electron chi connectivity index (χ0n) is 18.6. The number of rotatable bonds is 6. The molecule has 0 saturated carbocycles. The fourth-order valence-corrected chi connectivity index (χ4v) is 3.85. The van der Waals surface area contributed by atoms with Gasteiger partial charge < -0.3 is 19.9 Å². The van der Waals surface area contributed by atoms with E-state index in [1.165, 1.54) is 11.3 Å². The summed E-state index contributed by atoms with van der Waals surface area (Å²) in [4.78, 5) is 9.19. The van der Waals surface area contributed by atoms with E-state index in [1.807, 2.05) is 36.1 Å². The fraction of sp³-hybridized carbons (Fsp3) is 0.333. The number of hydrogen-bond donors (Lipinski definition) is 1. The van der Waals surface area contributed by atoms with Crippen molar-refractivity contribution in [3.8, 4) is 5.75 Å². The molecule has 2 heterocycles. The summed E-state index contributed by atoms with van der Waals surface area (Å²) in [5.74, 6) is 1.83. The van der Waals surface area contributed by atoms with Crippen LogP contribution in [0.2, 0.25) is 0 Å². The Bertz CT molecular complexity index is 998. The highest BCUT2D eigenvalue weighted by Crippen LogP contribution is 2.22. The van der Waals surface area contributed by atoms with Crippen molar-refractivity contribution in [3.63, 3.8) is 0 Å². The summed E-state index contributed by atoms with van der Waals surface area (Å²) < 4.78 is 7.33. The third-order valence-corrected chi connectivity index (χ3v) is 5.53. The summed E-state index contributed by atoms with van der Waals surface area (Å²) in [5.41, 5.74) is 3.59. The van der Waals surface area contributed by atoms with Crippen LogP contribution in [0.1, 0.15) is 11.1 Å². The molecule has 1 aliphatic rings. The minimum absolute atomic E-state index is 0. The molecule has 32 heavy (non-hydrogen) atoms. The number of guanidine groups is 1. The quantitative estimate of drug-likeness (QED) is 0.292. The Kier molecular flexibility index (Phi) is 8.78. The van der Waals surface area contributed by atoms with Gasteiger partial charge in [-0.2, -0.15) is 5.10 Å². The molecule has 0 spiro atoms. The van der Waals surface area contributed by atoms with Crippen molar-refractivity contribution in [1.29, 1.82) is 0 Å². The Balaban J connectivity index is 0.00000289. The molecule has 2 aromatic carbocycles. The molecule has 3 aromatic rings. The van der Waals surface area contributed by atoms with Crippen LogP contribution in [0.25, 0.3) is 0 Å². The van der Waals surface area contributed by atoms with E-state index >= 15 is 0 Å². The van der Waals surface area contributed by atoms with Crippen LogP contribution >= 0.6 is 24.0 Å². The van der Waals surface area contributed by atoms with Gasteiger partial charge in [0.1, 0.15) is 5.75 Å². The first-order valence-corrected chi connectivity index (χ1v) is 10.6. The molecule has 0 radical (unpaired) electrons. The third-order valence-electron chi connectivity index (χ3n) is 5.53. The van der Waals surface area contributed by atoms with Crippen LogP contribution in [0, 0.1) is 0 Å².